The van der Waals surface area contributed by atoms with E-state index in [4.69, 9.17) is 4.99 Å². The van der Waals surface area contributed by atoms with Crippen molar-refractivity contribution in [2.75, 3.05) is 59.4 Å². The number of hydrogen-bond donors (Lipinski definition) is 2. The lowest BCUT2D eigenvalue weighted by molar-refractivity contribution is 0.0900. The van der Waals surface area contributed by atoms with Crippen molar-refractivity contribution in [3.63, 3.8) is 0 Å². The van der Waals surface area contributed by atoms with Crippen LogP contribution in [-0.2, 0) is 13.1 Å². The molecule has 1 aromatic rings. The predicted octanol–water partition coefficient (Wildman–Crippen LogP) is 3.62. The third kappa shape index (κ3) is 9.70. The minimum Gasteiger partial charge on any atom is -0.357 e. The van der Waals surface area contributed by atoms with Gasteiger partial charge in [-0.2, -0.15) is 0 Å². The van der Waals surface area contributed by atoms with Crippen LogP contribution in [0.4, 0.5) is 0 Å². The summed E-state index contributed by atoms with van der Waals surface area (Å²) in [6.45, 7) is 17.5. The molecule has 2 aliphatic rings. The quantitative estimate of drug-likeness (QED) is 0.270. The maximum Gasteiger partial charge on any atom is 0.191 e. The van der Waals surface area contributed by atoms with Gasteiger partial charge in [-0.25, -0.2) is 4.99 Å². The summed E-state index contributed by atoms with van der Waals surface area (Å²) in [6, 6.07) is 9.58. The summed E-state index contributed by atoms with van der Waals surface area (Å²) in [6.07, 6.45) is 4.09. The van der Waals surface area contributed by atoms with Crippen molar-refractivity contribution in [3.05, 3.63) is 35.4 Å². The van der Waals surface area contributed by atoms with E-state index in [2.05, 4.69) is 77.4 Å². The molecule has 0 bridgehead atoms. The number of guanidine groups is 1. The molecular formula is C26H47IN6. The average Bonchev–Trinajstić information content (AvgIpc) is 2.80. The van der Waals surface area contributed by atoms with Crippen molar-refractivity contribution in [1.29, 1.82) is 0 Å². The van der Waals surface area contributed by atoms with Crippen LogP contribution in [0.15, 0.2) is 29.3 Å². The van der Waals surface area contributed by atoms with Gasteiger partial charge in [0.15, 0.2) is 5.96 Å². The maximum absolute atomic E-state index is 4.87. The monoisotopic (exact) mass is 570 g/mol. The van der Waals surface area contributed by atoms with Crippen LogP contribution in [0.2, 0.25) is 0 Å². The van der Waals surface area contributed by atoms with Crippen molar-refractivity contribution >= 4 is 29.9 Å². The minimum absolute atomic E-state index is 0. The van der Waals surface area contributed by atoms with Gasteiger partial charge in [0.1, 0.15) is 0 Å². The van der Waals surface area contributed by atoms with Gasteiger partial charge in [-0.1, -0.05) is 44.5 Å². The SMILES string of the molecule is CCNC(=NCc1ccc(CN2CCCCC2)cc1)NCC(C(C)C)N1CCN(C)CC1.I. The lowest BCUT2D eigenvalue weighted by Crippen LogP contribution is -2.55. The summed E-state index contributed by atoms with van der Waals surface area (Å²) in [7, 11) is 2.22. The van der Waals surface area contributed by atoms with Crippen LogP contribution in [0.5, 0.6) is 0 Å². The van der Waals surface area contributed by atoms with Gasteiger partial charge in [-0.05, 0) is 56.9 Å². The molecule has 2 heterocycles. The number of piperazine rings is 1. The Labute approximate surface area is 219 Å². The van der Waals surface area contributed by atoms with Gasteiger partial charge in [0.25, 0.3) is 0 Å². The highest BCUT2D eigenvalue weighted by molar-refractivity contribution is 14.0. The molecule has 1 unspecified atom stereocenters. The van der Waals surface area contributed by atoms with Crippen LogP contribution in [0, 0.1) is 5.92 Å². The third-order valence-corrected chi connectivity index (χ3v) is 6.90. The smallest absolute Gasteiger partial charge is 0.191 e. The number of nitrogens with zero attached hydrogens (tertiary/aromatic N) is 4. The van der Waals surface area contributed by atoms with E-state index in [1.807, 2.05) is 0 Å². The van der Waals surface area contributed by atoms with Crippen molar-refractivity contribution in [2.24, 2.45) is 10.9 Å². The Balaban J connectivity index is 0.00000385. The van der Waals surface area contributed by atoms with E-state index >= 15 is 0 Å². The standard InChI is InChI=1S/C26H46N6.HI/c1-5-27-26(29-20-25(22(2)3)32-17-15-30(4)16-18-32)28-19-23-9-11-24(12-10-23)21-31-13-7-6-8-14-31;/h9-12,22,25H,5-8,13-21H2,1-4H3,(H2,27,28,29);1H. The summed E-state index contributed by atoms with van der Waals surface area (Å²) in [5.41, 5.74) is 2.68. The first kappa shape index (κ1) is 28.3. The Morgan fingerprint density at radius 1 is 0.909 bits per heavy atom. The number of benzene rings is 1. The molecule has 6 nitrogen and oxygen atoms in total. The molecule has 7 heteroatoms. The summed E-state index contributed by atoms with van der Waals surface area (Å²) in [5.74, 6) is 1.53. The summed E-state index contributed by atoms with van der Waals surface area (Å²) < 4.78 is 0. The molecule has 0 aliphatic carbocycles. The molecule has 188 valence electrons. The van der Waals surface area contributed by atoms with Crippen LogP contribution in [-0.4, -0.2) is 86.1 Å². The second-order valence-corrected chi connectivity index (χ2v) is 9.88. The minimum atomic E-state index is 0. The topological polar surface area (TPSA) is 46.1 Å². The first-order valence-corrected chi connectivity index (χ1v) is 12.8. The van der Waals surface area contributed by atoms with Gasteiger partial charge in [-0.15, -0.1) is 24.0 Å². The number of nitrogens with one attached hydrogen (secondary N) is 2. The van der Waals surface area contributed by atoms with Gasteiger partial charge in [0.2, 0.25) is 0 Å². The fourth-order valence-corrected chi connectivity index (χ4v) is 4.78. The highest BCUT2D eigenvalue weighted by Crippen LogP contribution is 2.15. The number of hydrogen-bond acceptors (Lipinski definition) is 4. The number of piperidine rings is 1. The van der Waals surface area contributed by atoms with E-state index in [1.165, 1.54) is 43.5 Å². The molecule has 0 saturated carbocycles. The van der Waals surface area contributed by atoms with E-state index in [0.29, 0.717) is 18.5 Å². The normalized spacial score (nSPS) is 19.8. The Kier molecular flexibility index (Phi) is 13.0. The molecule has 3 rings (SSSR count). The largest absolute Gasteiger partial charge is 0.357 e. The van der Waals surface area contributed by atoms with Crippen LogP contribution >= 0.6 is 24.0 Å². The molecule has 0 spiro atoms. The maximum atomic E-state index is 4.87. The molecule has 1 aromatic carbocycles. The van der Waals surface area contributed by atoms with Crippen LogP contribution in [0.3, 0.4) is 0 Å². The molecule has 2 aliphatic heterocycles. The lowest BCUT2D eigenvalue weighted by Gasteiger charge is -2.40. The van der Waals surface area contributed by atoms with Crippen molar-refractivity contribution in [3.8, 4) is 0 Å². The third-order valence-electron chi connectivity index (χ3n) is 6.90. The molecule has 0 amide bonds. The van der Waals surface area contributed by atoms with E-state index in [1.54, 1.807) is 0 Å². The number of halogens is 1. The van der Waals surface area contributed by atoms with E-state index in [0.717, 1.165) is 51.8 Å². The number of likely N-dealkylation sites (tertiary alicyclic amines) is 1. The zero-order valence-corrected chi connectivity index (χ0v) is 23.7. The van der Waals surface area contributed by atoms with Gasteiger partial charge >= 0.3 is 0 Å². The summed E-state index contributed by atoms with van der Waals surface area (Å²) in [4.78, 5) is 12.5. The molecule has 2 N–H and O–H groups in total. The van der Waals surface area contributed by atoms with Crippen LogP contribution in [0.1, 0.15) is 51.2 Å². The Morgan fingerprint density at radius 2 is 1.55 bits per heavy atom. The first-order chi connectivity index (χ1) is 15.5. The fourth-order valence-electron chi connectivity index (χ4n) is 4.78. The number of aliphatic imine (C=N–C) groups is 1. The van der Waals surface area contributed by atoms with Crippen LogP contribution in [0.25, 0.3) is 0 Å². The van der Waals surface area contributed by atoms with E-state index < -0.39 is 0 Å². The van der Waals surface area contributed by atoms with Gasteiger partial charge < -0.3 is 15.5 Å². The Bertz CT molecular complexity index is 679. The molecule has 2 fully saturated rings. The van der Waals surface area contributed by atoms with Gasteiger partial charge in [0.05, 0.1) is 6.54 Å². The second kappa shape index (κ2) is 15.2. The first-order valence-electron chi connectivity index (χ1n) is 12.8. The predicted molar refractivity (Wildman–Crippen MR) is 151 cm³/mol. The number of rotatable bonds is 9. The van der Waals surface area contributed by atoms with Crippen molar-refractivity contribution in [1.82, 2.24) is 25.3 Å². The zero-order valence-electron chi connectivity index (χ0n) is 21.4. The van der Waals surface area contributed by atoms with Gasteiger partial charge in [-0.3, -0.25) is 9.80 Å². The summed E-state index contributed by atoms with van der Waals surface area (Å²) >= 11 is 0. The van der Waals surface area contributed by atoms with Gasteiger partial charge in [0, 0.05) is 51.9 Å². The zero-order chi connectivity index (χ0) is 22.8. The molecule has 1 atom stereocenters. The molecule has 0 aromatic heterocycles. The number of likely N-dealkylation sites (N-methyl/N-ethyl adjacent to an activating group) is 1. The fraction of sp³-hybridized carbons (Fsp3) is 0.731. The average molecular weight is 571 g/mol. The molecule has 2 saturated heterocycles. The van der Waals surface area contributed by atoms with Crippen LogP contribution < -0.4 is 10.6 Å². The molecule has 33 heavy (non-hydrogen) atoms. The Hall–Kier alpha value is -0.900. The second-order valence-electron chi connectivity index (χ2n) is 9.88. The van der Waals surface area contributed by atoms with Crippen molar-refractivity contribution < 1.29 is 0 Å². The van der Waals surface area contributed by atoms with E-state index in [-0.39, 0.29) is 24.0 Å². The summed E-state index contributed by atoms with van der Waals surface area (Å²) in [5, 5.41) is 7.05. The molecular weight excluding hydrogens is 523 g/mol. The Morgan fingerprint density at radius 3 is 2.15 bits per heavy atom. The van der Waals surface area contributed by atoms with E-state index in [9.17, 15) is 0 Å². The highest BCUT2D eigenvalue weighted by atomic mass is 127. The highest BCUT2D eigenvalue weighted by Gasteiger charge is 2.25. The molecule has 0 radical (unpaired) electrons. The lowest BCUT2D eigenvalue weighted by atomic mass is 10.0. The van der Waals surface area contributed by atoms with Crippen molar-refractivity contribution in [2.45, 2.75) is 59.2 Å².